The Labute approximate surface area is 118 Å². The van der Waals surface area contributed by atoms with E-state index in [9.17, 15) is 0 Å². The summed E-state index contributed by atoms with van der Waals surface area (Å²) in [5.41, 5.74) is 1.21. The van der Waals surface area contributed by atoms with E-state index in [1.807, 2.05) is 7.11 Å². The molecule has 0 aromatic heterocycles. The van der Waals surface area contributed by atoms with Crippen molar-refractivity contribution in [3.8, 4) is 0 Å². The zero-order valence-electron chi connectivity index (χ0n) is 13.9. The van der Waals surface area contributed by atoms with Crippen molar-refractivity contribution < 1.29 is 8.54 Å². The number of hydrogen-bond donors (Lipinski definition) is 0. The van der Waals surface area contributed by atoms with Crippen molar-refractivity contribution in [1.29, 1.82) is 0 Å². The molecule has 0 fully saturated rings. The number of unbranched alkanes of at least 4 members (excludes halogenated alkanes) is 2. The van der Waals surface area contributed by atoms with E-state index in [0.717, 1.165) is 0 Å². The summed E-state index contributed by atoms with van der Waals surface area (Å²) in [5.74, 6) is 0. The minimum Gasteiger partial charge on any atom is -0.456 e. The first-order chi connectivity index (χ1) is 8.04. The molecule has 0 radical (unpaired) electrons. The first-order valence-corrected chi connectivity index (χ1v) is 16.6. The predicted molar refractivity (Wildman–Crippen MR) is 89.7 cm³/mol. The summed E-state index contributed by atoms with van der Waals surface area (Å²) in [6, 6.07) is 1.31. The largest absolute Gasteiger partial charge is 0.456 e. The van der Waals surface area contributed by atoms with Crippen molar-refractivity contribution in [1.82, 2.24) is 0 Å². The molecule has 0 aromatic carbocycles. The fourth-order valence-electron chi connectivity index (χ4n) is 2.73. The molecule has 2 nitrogen and oxygen atoms in total. The Morgan fingerprint density at radius 1 is 0.778 bits per heavy atom. The fraction of sp³-hybridized carbons (Fsp3) is 1.00. The van der Waals surface area contributed by atoms with E-state index in [1.165, 1.54) is 31.0 Å². The van der Waals surface area contributed by atoms with Gasteiger partial charge in [0.05, 0.1) is 0 Å². The molecule has 0 N–H and O–H groups in total. The molecule has 5 heteroatoms. The maximum atomic E-state index is 6.64. The first-order valence-electron chi connectivity index (χ1n) is 7.29. The summed E-state index contributed by atoms with van der Waals surface area (Å²) in [4.78, 5) is 0. The quantitative estimate of drug-likeness (QED) is 0.441. The summed E-state index contributed by atoms with van der Waals surface area (Å²) < 4.78 is 12.3. The third-order valence-electron chi connectivity index (χ3n) is 3.34. The lowest BCUT2D eigenvalue weighted by atomic mass is 10.3. The van der Waals surface area contributed by atoms with E-state index in [1.54, 1.807) is 0 Å². The molecule has 0 saturated carbocycles. The van der Waals surface area contributed by atoms with Crippen LogP contribution in [-0.2, 0) is 8.54 Å². The molecule has 0 aromatic rings. The van der Waals surface area contributed by atoms with E-state index in [-0.39, 0.29) is 0 Å². The van der Waals surface area contributed by atoms with Crippen LogP contribution in [0.25, 0.3) is 0 Å². The highest BCUT2D eigenvalue weighted by atomic mass is 28.5. The molecule has 0 spiro atoms. The molecule has 0 aliphatic heterocycles. The molecule has 110 valence electrons. The molecule has 0 unspecified atom stereocenters. The van der Waals surface area contributed by atoms with Crippen molar-refractivity contribution in [2.75, 3.05) is 7.11 Å². The van der Waals surface area contributed by atoms with Crippen LogP contribution < -0.4 is 0 Å². The lowest BCUT2D eigenvalue weighted by Gasteiger charge is -2.37. The van der Waals surface area contributed by atoms with Gasteiger partial charge in [0.1, 0.15) is 0 Å². The molecule has 0 amide bonds. The van der Waals surface area contributed by atoms with E-state index < -0.39 is 25.0 Å². The molecule has 0 atom stereocenters. The summed E-state index contributed by atoms with van der Waals surface area (Å²) in [7, 11) is -2.65. The van der Waals surface area contributed by atoms with Gasteiger partial charge in [0.2, 0.25) is 0 Å². The second-order valence-corrected chi connectivity index (χ2v) is 20.9. The molecular weight excluding hydrogens is 272 g/mol. The summed E-state index contributed by atoms with van der Waals surface area (Å²) in [6.07, 6.45) is 3.99. The van der Waals surface area contributed by atoms with Gasteiger partial charge in [0.15, 0.2) is 25.0 Å². The number of hydrogen-bond acceptors (Lipinski definition) is 2. The lowest BCUT2D eigenvalue weighted by molar-refractivity contribution is 0.405. The topological polar surface area (TPSA) is 18.5 Å². The molecule has 0 aliphatic rings. The van der Waals surface area contributed by atoms with E-state index in [2.05, 4.69) is 46.2 Å². The maximum Gasteiger partial charge on any atom is 0.185 e. The third kappa shape index (κ3) is 8.63. The van der Waals surface area contributed by atoms with Gasteiger partial charge < -0.3 is 8.54 Å². The van der Waals surface area contributed by atoms with Gasteiger partial charge in [0, 0.05) is 7.11 Å². The van der Waals surface area contributed by atoms with Gasteiger partial charge in [-0.2, -0.15) is 0 Å². The van der Waals surface area contributed by atoms with Crippen LogP contribution >= 0.6 is 0 Å². The molecule has 0 aliphatic carbocycles. The second-order valence-electron chi connectivity index (χ2n) is 7.22. The minimum absolute atomic E-state index is 1.21. The Morgan fingerprint density at radius 2 is 1.33 bits per heavy atom. The van der Waals surface area contributed by atoms with Gasteiger partial charge in [-0.05, 0) is 51.0 Å². The van der Waals surface area contributed by atoms with Crippen LogP contribution in [0, 0.1) is 0 Å². The second kappa shape index (κ2) is 7.38. The van der Waals surface area contributed by atoms with Crippen LogP contribution in [0.2, 0.25) is 51.0 Å². The van der Waals surface area contributed by atoms with Crippen LogP contribution in [-0.4, -0.2) is 32.1 Å². The smallest absolute Gasteiger partial charge is 0.185 e. The van der Waals surface area contributed by atoms with Gasteiger partial charge in [-0.25, -0.2) is 0 Å². The SMILES string of the molecule is CCCCC[Si](C)(C)O[Si](C)(C)C[Si](C)(C)OC. The molecule has 0 bridgehead atoms. The normalized spacial score (nSPS) is 14.0. The van der Waals surface area contributed by atoms with Crippen molar-refractivity contribution >= 4 is 25.0 Å². The van der Waals surface area contributed by atoms with Crippen molar-refractivity contribution in [2.45, 2.75) is 77.2 Å². The molecule has 0 heterocycles. The van der Waals surface area contributed by atoms with Crippen LogP contribution in [0.15, 0.2) is 0 Å². The molecule has 0 saturated heterocycles. The van der Waals surface area contributed by atoms with E-state index in [4.69, 9.17) is 8.54 Å². The van der Waals surface area contributed by atoms with Gasteiger partial charge >= 0.3 is 0 Å². The maximum absolute atomic E-state index is 6.64. The molecule has 18 heavy (non-hydrogen) atoms. The Kier molecular flexibility index (Phi) is 7.61. The predicted octanol–water partition coefficient (Wildman–Crippen LogP) is 4.99. The van der Waals surface area contributed by atoms with Crippen molar-refractivity contribution in [3.05, 3.63) is 0 Å². The van der Waals surface area contributed by atoms with Crippen LogP contribution in [0.4, 0.5) is 0 Å². The van der Waals surface area contributed by atoms with Gasteiger partial charge in [-0.15, -0.1) is 0 Å². The van der Waals surface area contributed by atoms with Crippen molar-refractivity contribution in [3.63, 3.8) is 0 Å². The van der Waals surface area contributed by atoms with Crippen LogP contribution in [0.3, 0.4) is 0 Å². The Bertz CT molecular complexity index is 240. The summed E-state index contributed by atoms with van der Waals surface area (Å²) in [6.45, 7) is 16.4. The summed E-state index contributed by atoms with van der Waals surface area (Å²) in [5, 5.41) is 0. The highest BCUT2D eigenvalue weighted by Crippen LogP contribution is 2.27. The van der Waals surface area contributed by atoms with Crippen LogP contribution in [0.1, 0.15) is 26.2 Å². The summed E-state index contributed by atoms with van der Waals surface area (Å²) >= 11 is 0. The average Bonchev–Trinajstić information content (AvgIpc) is 2.14. The van der Waals surface area contributed by atoms with Gasteiger partial charge in [-0.3, -0.25) is 0 Å². The molecule has 0 rings (SSSR count). The highest BCUT2D eigenvalue weighted by molar-refractivity contribution is 6.94. The molecular formula is C13H34O2Si3. The zero-order chi connectivity index (χ0) is 14.4. The van der Waals surface area contributed by atoms with Crippen LogP contribution in [0.5, 0.6) is 0 Å². The Hall–Kier alpha value is 0.571. The van der Waals surface area contributed by atoms with Crippen molar-refractivity contribution in [2.24, 2.45) is 0 Å². The number of rotatable bonds is 9. The highest BCUT2D eigenvalue weighted by Gasteiger charge is 2.38. The zero-order valence-corrected chi connectivity index (χ0v) is 16.9. The standard InChI is InChI=1S/C13H34O2Si3/c1-9-10-11-12-16(3,4)15-18(7,8)13-17(5,6)14-2/h9-13H2,1-8H3. The van der Waals surface area contributed by atoms with E-state index in [0.29, 0.717) is 0 Å². The first kappa shape index (κ1) is 18.6. The van der Waals surface area contributed by atoms with Gasteiger partial charge in [0.25, 0.3) is 0 Å². The Balaban J connectivity index is 4.36. The average molecular weight is 307 g/mol. The monoisotopic (exact) mass is 306 g/mol. The lowest BCUT2D eigenvalue weighted by Crippen LogP contribution is -2.49. The Morgan fingerprint density at radius 3 is 1.78 bits per heavy atom. The minimum atomic E-state index is -1.56. The third-order valence-corrected chi connectivity index (χ3v) is 17.2. The van der Waals surface area contributed by atoms with Gasteiger partial charge in [-0.1, -0.05) is 26.2 Å². The fourth-order valence-corrected chi connectivity index (χ4v) is 19.9. The van der Waals surface area contributed by atoms with E-state index >= 15 is 0 Å².